The predicted molar refractivity (Wildman–Crippen MR) is 51.3 cm³/mol. The van der Waals surface area contributed by atoms with E-state index in [0.29, 0.717) is 5.92 Å². The molecule has 0 aliphatic carbocycles. The standard InChI is InChI=1S/C8H20BNO/c1-4-8(6-10-5-2)7-11-9-3/h8-10H,4-7H2,1-3H3. The summed E-state index contributed by atoms with van der Waals surface area (Å²) in [6, 6.07) is 0. The fourth-order valence-electron chi connectivity index (χ4n) is 0.954. The molecule has 0 saturated carbocycles. The van der Waals surface area contributed by atoms with Crippen molar-refractivity contribution in [3.63, 3.8) is 0 Å². The third kappa shape index (κ3) is 6.39. The van der Waals surface area contributed by atoms with Crippen molar-refractivity contribution in [1.82, 2.24) is 5.32 Å². The summed E-state index contributed by atoms with van der Waals surface area (Å²) in [7, 11) is 0.836. The van der Waals surface area contributed by atoms with Crippen LogP contribution >= 0.6 is 0 Å². The second kappa shape index (κ2) is 8.09. The van der Waals surface area contributed by atoms with E-state index in [1.54, 1.807) is 0 Å². The first-order valence-corrected chi connectivity index (χ1v) is 4.63. The van der Waals surface area contributed by atoms with Gasteiger partial charge in [-0.3, -0.25) is 0 Å². The van der Waals surface area contributed by atoms with Gasteiger partial charge in [0.2, 0.25) is 0 Å². The van der Waals surface area contributed by atoms with Crippen molar-refractivity contribution in [1.29, 1.82) is 0 Å². The van der Waals surface area contributed by atoms with Crippen LogP contribution in [0.15, 0.2) is 0 Å². The van der Waals surface area contributed by atoms with Crippen molar-refractivity contribution in [2.24, 2.45) is 5.92 Å². The molecule has 1 N–H and O–H groups in total. The highest BCUT2D eigenvalue weighted by Gasteiger charge is 2.03. The molecule has 0 aliphatic rings. The van der Waals surface area contributed by atoms with E-state index in [1.807, 2.05) is 6.82 Å². The summed E-state index contributed by atoms with van der Waals surface area (Å²) in [5, 5.41) is 3.33. The van der Waals surface area contributed by atoms with Crippen molar-refractivity contribution in [3.05, 3.63) is 0 Å². The minimum atomic E-state index is 0.690. The molecule has 1 unspecified atom stereocenters. The van der Waals surface area contributed by atoms with Gasteiger partial charge in [0.05, 0.1) is 0 Å². The molecule has 11 heavy (non-hydrogen) atoms. The van der Waals surface area contributed by atoms with Crippen molar-refractivity contribution >= 4 is 7.48 Å². The highest BCUT2D eigenvalue weighted by atomic mass is 16.4. The Morgan fingerprint density at radius 2 is 2.18 bits per heavy atom. The lowest BCUT2D eigenvalue weighted by Crippen LogP contribution is -2.25. The van der Waals surface area contributed by atoms with Crippen LogP contribution in [0.4, 0.5) is 0 Å². The lowest BCUT2D eigenvalue weighted by molar-refractivity contribution is 0.252. The van der Waals surface area contributed by atoms with Crippen LogP contribution in [-0.4, -0.2) is 27.2 Å². The molecule has 66 valence electrons. The molecule has 3 heteroatoms. The van der Waals surface area contributed by atoms with Crippen molar-refractivity contribution in [3.8, 4) is 0 Å². The molecular weight excluding hydrogens is 137 g/mol. The average Bonchev–Trinajstić information content (AvgIpc) is 2.05. The van der Waals surface area contributed by atoms with Crippen LogP contribution < -0.4 is 5.32 Å². The maximum Gasteiger partial charge on any atom is 0.271 e. The molecule has 0 aliphatic heterocycles. The number of hydrogen-bond acceptors (Lipinski definition) is 2. The summed E-state index contributed by atoms with van der Waals surface area (Å²) in [4.78, 5) is 0. The van der Waals surface area contributed by atoms with Gasteiger partial charge in [0.1, 0.15) is 0 Å². The molecule has 0 aromatic rings. The zero-order chi connectivity index (χ0) is 8.53. The Morgan fingerprint density at radius 1 is 1.45 bits per heavy atom. The molecule has 2 nitrogen and oxygen atoms in total. The fourth-order valence-corrected chi connectivity index (χ4v) is 0.954. The minimum absolute atomic E-state index is 0.690. The van der Waals surface area contributed by atoms with Gasteiger partial charge < -0.3 is 9.97 Å². The normalized spacial score (nSPS) is 13.0. The maximum absolute atomic E-state index is 5.34. The summed E-state index contributed by atoms with van der Waals surface area (Å²) in [6.45, 7) is 9.43. The Balaban J connectivity index is 3.25. The van der Waals surface area contributed by atoms with Gasteiger partial charge in [0, 0.05) is 13.2 Å². The summed E-state index contributed by atoms with van der Waals surface area (Å²) >= 11 is 0. The van der Waals surface area contributed by atoms with E-state index in [0.717, 1.165) is 27.2 Å². The quantitative estimate of drug-likeness (QED) is 0.557. The van der Waals surface area contributed by atoms with Crippen LogP contribution in [0.2, 0.25) is 6.82 Å². The lowest BCUT2D eigenvalue weighted by atomic mass is 10.0. The third-order valence-electron chi connectivity index (χ3n) is 1.82. The van der Waals surface area contributed by atoms with Crippen LogP contribution in [0.5, 0.6) is 0 Å². The second-order valence-corrected chi connectivity index (χ2v) is 2.74. The second-order valence-electron chi connectivity index (χ2n) is 2.74. The molecule has 0 fully saturated rings. The molecule has 0 heterocycles. The van der Waals surface area contributed by atoms with E-state index in [4.69, 9.17) is 4.65 Å². The predicted octanol–water partition coefficient (Wildman–Crippen LogP) is 1.04. The molecule has 0 aromatic heterocycles. The Labute approximate surface area is 71.0 Å². The lowest BCUT2D eigenvalue weighted by Gasteiger charge is -2.14. The monoisotopic (exact) mass is 157 g/mol. The first-order valence-electron chi connectivity index (χ1n) is 4.63. The fraction of sp³-hybridized carbons (Fsp3) is 1.00. The van der Waals surface area contributed by atoms with Gasteiger partial charge in [-0.25, -0.2) is 0 Å². The zero-order valence-corrected chi connectivity index (χ0v) is 8.02. The van der Waals surface area contributed by atoms with E-state index >= 15 is 0 Å². The van der Waals surface area contributed by atoms with Crippen molar-refractivity contribution in [2.45, 2.75) is 27.1 Å². The smallest absolute Gasteiger partial charge is 0.271 e. The van der Waals surface area contributed by atoms with Gasteiger partial charge >= 0.3 is 0 Å². The minimum Gasteiger partial charge on any atom is -0.439 e. The van der Waals surface area contributed by atoms with Gasteiger partial charge in [-0.15, -0.1) is 0 Å². The Bertz CT molecular complexity index is 72.5. The topological polar surface area (TPSA) is 21.3 Å². The first-order chi connectivity index (χ1) is 5.35. The zero-order valence-electron chi connectivity index (χ0n) is 8.02. The van der Waals surface area contributed by atoms with Gasteiger partial charge in [-0.2, -0.15) is 0 Å². The van der Waals surface area contributed by atoms with Crippen LogP contribution in [0.1, 0.15) is 20.3 Å². The van der Waals surface area contributed by atoms with Crippen LogP contribution in [-0.2, 0) is 4.65 Å². The molecule has 0 spiro atoms. The molecule has 0 amide bonds. The summed E-state index contributed by atoms with van der Waals surface area (Å²) in [6.07, 6.45) is 1.20. The van der Waals surface area contributed by atoms with E-state index in [-0.39, 0.29) is 0 Å². The van der Waals surface area contributed by atoms with Crippen LogP contribution in [0, 0.1) is 5.92 Å². The summed E-state index contributed by atoms with van der Waals surface area (Å²) in [5.41, 5.74) is 0. The van der Waals surface area contributed by atoms with E-state index in [2.05, 4.69) is 19.2 Å². The first kappa shape index (κ1) is 11.0. The molecular formula is C8H20BNO. The van der Waals surface area contributed by atoms with Crippen LogP contribution in [0.3, 0.4) is 0 Å². The van der Waals surface area contributed by atoms with E-state index < -0.39 is 0 Å². The van der Waals surface area contributed by atoms with Gasteiger partial charge in [0.25, 0.3) is 7.48 Å². The van der Waals surface area contributed by atoms with Crippen molar-refractivity contribution in [2.75, 3.05) is 19.7 Å². The maximum atomic E-state index is 5.34. The Morgan fingerprint density at radius 3 is 2.64 bits per heavy atom. The number of rotatable bonds is 7. The SMILES string of the molecule is CBOCC(CC)CNCC. The molecule has 0 aromatic carbocycles. The van der Waals surface area contributed by atoms with Gasteiger partial charge in [0.15, 0.2) is 0 Å². The highest BCUT2D eigenvalue weighted by Crippen LogP contribution is 2.00. The Hall–Kier alpha value is -0.0151. The largest absolute Gasteiger partial charge is 0.439 e. The molecule has 0 radical (unpaired) electrons. The molecule has 0 rings (SSSR count). The Kier molecular flexibility index (Phi) is 8.07. The number of nitrogens with one attached hydrogen (secondary N) is 1. The van der Waals surface area contributed by atoms with Crippen LogP contribution in [0.25, 0.3) is 0 Å². The average molecular weight is 157 g/mol. The summed E-state index contributed by atoms with van der Waals surface area (Å²) < 4.78 is 5.34. The van der Waals surface area contributed by atoms with Crippen molar-refractivity contribution < 1.29 is 4.65 Å². The number of hydrogen-bond donors (Lipinski definition) is 1. The molecule has 0 saturated heterocycles. The van der Waals surface area contributed by atoms with Gasteiger partial charge in [-0.1, -0.05) is 20.7 Å². The molecule has 1 atom stereocenters. The van der Waals surface area contributed by atoms with E-state index in [9.17, 15) is 0 Å². The highest BCUT2D eigenvalue weighted by molar-refractivity contribution is 6.24. The van der Waals surface area contributed by atoms with E-state index in [1.165, 1.54) is 6.42 Å². The molecule has 0 bridgehead atoms. The summed E-state index contributed by atoms with van der Waals surface area (Å²) in [5.74, 6) is 0.690. The van der Waals surface area contributed by atoms with Gasteiger partial charge in [-0.05, 0) is 18.9 Å². The third-order valence-corrected chi connectivity index (χ3v) is 1.82.